The van der Waals surface area contributed by atoms with Crippen molar-refractivity contribution in [3.63, 3.8) is 0 Å². The van der Waals surface area contributed by atoms with Crippen LogP contribution in [0, 0.1) is 17.6 Å². The second-order valence-electron chi connectivity index (χ2n) is 4.87. The standard InChI is InChI=1S/C13H17F2NO/c1-8-4-10(5-8)16-7-13(17)9-2-3-11(14)12(15)6-9/h2-3,6,8,10,13,16-17H,4-5,7H2,1H3. The molecule has 1 atom stereocenters. The summed E-state index contributed by atoms with van der Waals surface area (Å²) < 4.78 is 25.7. The summed E-state index contributed by atoms with van der Waals surface area (Å²) in [6.07, 6.45) is 1.44. The second kappa shape index (κ2) is 5.10. The summed E-state index contributed by atoms with van der Waals surface area (Å²) in [4.78, 5) is 0. The fraction of sp³-hybridized carbons (Fsp3) is 0.538. The molecule has 0 saturated heterocycles. The molecule has 2 rings (SSSR count). The van der Waals surface area contributed by atoms with E-state index in [1.54, 1.807) is 0 Å². The van der Waals surface area contributed by atoms with Gasteiger partial charge in [-0.1, -0.05) is 13.0 Å². The van der Waals surface area contributed by atoms with E-state index in [4.69, 9.17) is 0 Å². The van der Waals surface area contributed by atoms with Crippen molar-refractivity contribution in [1.82, 2.24) is 5.32 Å². The summed E-state index contributed by atoms with van der Waals surface area (Å²) in [5, 5.41) is 13.0. The second-order valence-corrected chi connectivity index (χ2v) is 4.87. The molecule has 0 heterocycles. The van der Waals surface area contributed by atoms with Gasteiger partial charge in [0.1, 0.15) is 0 Å². The highest BCUT2D eigenvalue weighted by Crippen LogP contribution is 2.26. The molecule has 0 aromatic heterocycles. The van der Waals surface area contributed by atoms with Crippen LogP contribution in [0.1, 0.15) is 31.4 Å². The molecule has 2 N–H and O–H groups in total. The van der Waals surface area contributed by atoms with Crippen LogP contribution in [0.2, 0.25) is 0 Å². The van der Waals surface area contributed by atoms with E-state index >= 15 is 0 Å². The summed E-state index contributed by atoms with van der Waals surface area (Å²) in [5.41, 5.74) is 0.406. The van der Waals surface area contributed by atoms with E-state index in [1.807, 2.05) is 0 Å². The molecule has 4 heteroatoms. The van der Waals surface area contributed by atoms with Crippen molar-refractivity contribution in [2.75, 3.05) is 6.54 Å². The first kappa shape index (κ1) is 12.5. The lowest BCUT2D eigenvalue weighted by Gasteiger charge is -2.34. The van der Waals surface area contributed by atoms with E-state index in [-0.39, 0.29) is 0 Å². The molecule has 1 saturated carbocycles. The summed E-state index contributed by atoms with van der Waals surface area (Å²) in [6, 6.07) is 3.95. The molecule has 2 nitrogen and oxygen atoms in total. The highest BCUT2D eigenvalue weighted by molar-refractivity contribution is 5.20. The van der Waals surface area contributed by atoms with Crippen molar-refractivity contribution in [3.05, 3.63) is 35.4 Å². The van der Waals surface area contributed by atoms with Gasteiger partial charge >= 0.3 is 0 Å². The SMILES string of the molecule is CC1CC(NCC(O)c2ccc(F)c(F)c2)C1. The Balaban J connectivity index is 1.86. The van der Waals surface area contributed by atoms with E-state index in [9.17, 15) is 13.9 Å². The minimum absolute atomic E-state index is 0.377. The van der Waals surface area contributed by atoms with Crippen LogP contribution >= 0.6 is 0 Å². The Hall–Kier alpha value is -1.00. The minimum atomic E-state index is -0.918. The average Bonchev–Trinajstić information content (AvgIpc) is 2.26. The van der Waals surface area contributed by atoms with Crippen LogP contribution in [0.5, 0.6) is 0 Å². The third-order valence-electron chi connectivity index (χ3n) is 3.30. The summed E-state index contributed by atoms with van der Waals surface area (Å²) >= 11 is 0. The quantitative estimate of drug-likeness (QED) is 0.848. The molecule has 0 bridgehead atoms. The fourth-order valence-electron chi connectivity index (χ4n) is 2.18. The number of aliphatic hydroxyl groups excluding tert-OH is 1. The van der Waals surface area contributed by atoms with Gasteiger partial charge in [0, 0.05) is 12.6 Å². The van der Waals surface area contributed by atoms with Gasteiger partial charge in [-0.3, -0.25) is 0 Å². The van der Waals surface area contributed by atoms with Crippen LogP contribution < -0.4 is 5.32 Å². The van der Waals surface area contributed by atoms with Gasteiger partial charge in [0.15, 0.2) is 11.6 Å². The van der Waals surface area contributed by atoms with Gasteiger partial charge in [0.2, 0.25) is 0 Å². The number of hydrogen-bond acceptors (Lipinski definition) is 2. The van der Waals surface area contributed by atoms with Crippen LogP contribution in [0.25, 0.3) is 0 Å². The van der Waals surface area contributed by atoms with Gasteiger partial charge in [-0.25, -0.2) is 8.78 Å². The van der Waals surface area contributed by atoms with E-state index in [0.29, 0.717) is 18.2 Å². The van der Waals surface area contributed by atoms with Gasteiger partial charge in [0.05, 0.1) is 6.10 Å². The molecular weight excluding hydrogens is 224 g/mol. The van der Waals surface area contributed by atoms with Gasteiger partial charge in [-0.2, -0.15) is 0 Å². The van der Waals surface area contributed by atoms with Crippen molar-refractivity contribution in [3.8, 4) is 0 Å². The van der Waals surface area contributed by atoms with Crippen molar-refractivity contribution in [2.45, 2.75) is 31.9 Å². The molecule has 1 aromatic carbocycles. The lowest BCUT2D eigenvalue weighted by Crippen LogP contribution is -2.41. The summed E-state index contributed by atoms with van der Waals surface area (Å²) in [6.45, 7) is 2.56. The largest absolute Gasteiger partial charge is 0.387 e. The maximum atomic E-state index is 13.0. The molecule has 1 aliphatic carbocycles. The van der Waals surface area contributed by atoms with Gasteiger partial charge in [-0.05, 0) is 36.5 Å². The van der Waals surface area contributed by atoms with Gasteiger partial charge in [0.25, 0.3) is 0 Å². The zero-order valence-corrected chi connectivity index (χ0v) is 9.79. The molecule has 0 aliphatic heterocycles. The van der Waals surface area contributed by atoms with Gasteiger partial charge in [-0.15, -0.1) is 0 Å². The number of hydrogen-bond donors (Lipinski definition) is 2. The van der Waals surface area contributed by atoms with Crippen LogP contribution in [0.4, 0.5) is 8.78 Å². The maximum Gasteiger partial charge on any atom is 0.159 e. The molecule has 1 fully saturated rings. The molecule has 1 aromatic rings. The summed E-state index contributed by atoms with van der Waals surface area (Å²) in [5.74, 6) is -1.06. The highest BCUT2D eigenvalue weighted by atomic mass is 19.2. The Morgan fingerprint density at radius 2 is 2.06 bits per heavy atom. The molecule has 0 spiro atoms. The monoisotopic (exact) mass is 241 g/mol. The van der Waals surface area contributed by atoms with Crippen LogP contribution in [-0.2, 0) is 0 Å². The lowest BCUT2D eigenvalue weighted by molar-refractivity contribution is 0.149. The van der Waals surface area contributed by atoms with E-state index in [2.05, 4.69) is 12.2 Å². The Morgan fingerprint density at radius 1 is 1.35 bits per heavy atom. The predicted molar refractivity (Wildman–Crippen MR) is 61.5 cm³/mol. The molecule has 0 amide bonds. The number of nitrogens with one attached hydrogen (secondary N) is 1. The fourth-order valence-corrected chi connectivity index (χ4v) is 2.18. The Labute approximate surface area is 99.7 Å². The summed E-state index contributed by atoms with van der Waals surface area (Å²) in [7, 11) is 0. The molecule has 1 unspecified atom stereocenters. The van der Waals surface area contributed by atoms with Crippen LogP contribution in [-0.4, -0.2) is 17.7 Å². The minimum Gasteiger partial charge on any atom is -0.387 e. The van der Waals surface area contributed by atoms with Crippen molar-refractivity contribution < 1.29 is 13.9 Å². The maximum absolute atomic E-state index is 13.0. The number of halogens is 2. The molecule has 94 valence electrons. The first-order valence-corrected chi connectivity index (χ1v) is 5.92. The van der Waals surface area contributed by atoms with Crippen molar-refractivity contribution >= 4 is 0 Å². The average molecular weight is 241 g/mol. The van der Waals surface area contributed by atoms with E-state index in [0.717, 1.165) is 30.9 Å². The number of rotatable bonds is 4. The molecule has 17 heavy (non-hydrogen) atoms. The third-order valence-corrected chi connectivity index (χ3v) is 3.30. The Morgan fingerprint density at radius 3 is 2.65 bits per heavy atom. The third kappa shape index (κ3) is 3.01. The number of benzene rings is 1. The molecular formula is C13H17F2NO. The lowest BCUT2D eigenvalue weighted by atomic mass is 9.82. The highest BCUT2D eigenvalue weighted by Gasteiger charge is 2.25. The molecule has 0 radical (unpaired) electrons. The molecule has 1 aliphatic rings. The van der Waals surface area contributed by atoms with E-state index in [1.165, 1.54) is 6.07 Å². The Kier molecular flexibility index (Phi) is 3.74. The zero-order valence-electron chi connectivity index (χ0n) is 9.79. The number of aliphatic hydroxyl groups is 1. The smallest absolute Gasteiger partial charge is 0.159 e. The van der Waals surface area contributed by atoms with Crippen molar-refractivity contribution in [2.24, 2.45) is 5.92 Å². The normalized spacial score (nSPS) is 25.4. The zero-order chi connectivity index (χ0) is 12.4. The van der Waals surface area contributed by atoms with Crippen molar-refractivity contribution in [1.29, 1.82) is 0 Å². The Bertz CT molecular complexity index is 391. The van der Waals surface area contributed by atoms with Crippen LogP contribution in [0.3, 0.4) is 0 Å². The topological polar surface area (TPSA) is 32.3 Å². The first-order chi connectivity index (χ1) is 8.06. The van der Waals surface area contributed by atoms with Gasteiger partial charge < -0.3 is 10.4 Å². The first-order valence-electron chi connectivity index (χ1n) is 5.92. The van der Waals surface area contributed by atoms with E-state index < -0.39 is 17.7 Å². The predicted octanol–water partition coefficient (Wildman–Crippen LogP) is 2.39. The van der Waals surface area contributed by atoms with Crippen LogP contribution in [0.15, 0.2) is 18.2 Å².